The van der Waals surface area contributed by atoms with Gasteiger partial charge in [0.1, 0.15) is 18.5 Å². The predicted octanol–water partition coefficient (Wildman–Crippen LogP) is 1.85. The summed E-state index contributed by atoms with van der Waals surface area (Å²) in [5, 5.41) is 20.7. The molecule has 1 aromatic carbocycles. The number of fused-ring (bicyclic) bond motifs is 1. The molecule has 0 saturated carbocycles. The van der Waals surface area contributed by atoms with Gasteiger partial charge in [-0.1, -0.05) is 12.1 Å². The fourth-order valence-corrected chi connectivity index (χ4v) is 3.24. The van der Waals surface area contributed by atoms with Crippen LogP contribution in [-0.4, -0.2) is 65.6 Å². The van der Waals surface area contributed by atoms with Crippen LogP contribution in [0.4, 0.5) is 17.3 Å². The molecule has 0 spiro atoms. The second-order valence-corrected chi connectivity index (χ2v) is 7.03. The number of nitrogens with zero attached hydrogens (tertiary/aromatic N) is 3. The van der Waals surface area contributed by atoms with Crippen molar-refractivity contribution in [1.29, 1.82) is 0 Å². The number of ether oxygens (including phenoxy) is 2. The summed E-state index contributed by atoms with van der Waals surface area (Å²) in [4.78, 5) is 13.4. The minimum absolute atomic E-state index is 0.00681. The molecule has 9 nitrogen and oxygen atoms in total. The van der Waals surface area contributed by atoms with Gasteiger partial charge in [0.25, 0.3) is 0 Å². The molecule has 2 aromatic heterocycles. The molecule has 0 unspecified atom stereocenters. The van der Waals surface area contributed by atoms with Crippen LogP contribution in [0.1, 0.15) is 5.69 Å². The zero-order valence-corrected chi connectivity index (χ0v) is 16.9. The van der Waals surface area contributed by atoms with Crippen LogP contribution in [0.5, 0.6) is 5.88 Å². The summed E-state index contributed by atoms with van der Waals surface area (Å²) < 4.78 is 11.5. The van der Waals surface area contributed by atoms with E-state index in [1.807, 2.05) is 31.2 Å². The molecule has 1 fully saturated rings. The van der Waals surface area contributed by atoms with Gasteiger partial charge in [-0.05, 0) is 24.4 Å². The molecule has 3 heterocycles. The van der Waals surface area contributed by atoms with Gasteiger partial charge in [-0.15, -0.1) is 0 Å². The lowest BCUT2D eigenvalue weighted by Crippen LogP contribution is -2.41. The molecule has 1 aliphatic rings. The second-order valence-electron chi connectivity index (χ2n) is 7.03. The number of aliphatic hydroxyl groups is 1. The molecular formula is C21H26N6O3. The number of anilines is 3. The van der Waals surface area contributed by atoms with Gasteiger partial charge in [-0.3, -0.25) is 4.98 Å². The molecule has 30 heavy (non-hydrogen) atoms. The summed E-state index contributed by atoms with van der Waals surface area (Å²) in [6, 6.07) is 7.89. The Hall–Kier alpha value is -3.01. The van der Waals surface area contributed by atoms with E-state index >= 15 is 0 Å². The van der Waals surface area contributed by atoms with E-state index in [1.165, 1.54) is 0 Å². The van der Waals surface area contributed by atoms with Gasteiger partial charge >= 0.3 is 0 Å². The summed E-state index contributed by atoms with van der Waals surface area (Å²) in [5.74, 6) is 1.69. The minimum atomic E-state index is 0.00681. The van der Waals surface area contributed by atoms with Gasteiger partial charge in [0.2, 0.25) is 5.88 Å². The van der Waals surface area contributed by atoms with Crippen molar-refractivity contribution >= 4 is 28.1 Å². The van der Waals surface area contributed by atoms with Crippen LogP contribution in [0.15, 0.2) is 36.7 Å². The van der Waals surface area contributed by atoms with Crippen LogP contribution in [-0.2, 0) is 4.74 Å². The first kappa shape index (κ1) is 20.3. The van der Waals surface area contributed by atoms with Crippen molar-refractivity contribution in [3.05, 3.63) is 42.4 Å². The third kappa shape index (κ3) is 4.93. The Morgan fingerprint density at radius 1 is 1.27 bits per heavy atom. The smallest absolute Gasteiger partial charge is 0.237 e. The van der Waals surface area contributed by atoms with E-state index in [0.29, 0.717) is 37.3 Å². The average molecular weight is 410 g/mol. The monoisotopic (exact) mass is 410 g/mol. The van der Waals surface area contributed by atoms with Crippen molar-refractivity contribution in [2.75, 3.05) is 50.1 Å². The maximum absolute atomic E-state index is 9.04. The Morgan fingerprint density at radius 3 is 3.03 bits per heavy atom. The maximum atomic E-state index is 9.04. The number of aliphatic hydroxyl groups excluding tert-OH is 1. The zero-order chi connectivity index (χ0) is 20.8. The number of pyridine rings is 1. The molecule has 158 valence electrons. The van der Waals surface area contributed by atoms with E-state index < -0.39 is 0 Å². The molecule has 1 atom stereocenters. The Kier molecular flexibility index (Phi) is 6.53. The van der Waals surface area contributed by atoms with Crippen molar-refractivity contribution in [2.45, 2.75) is 13.0 Å². The molecule has 9 heteroatoms. The summed E-state index contributed by atoms with van der Waals surface area (Å²) in [5.41, 5.74) is 1.65. The van der Waals surface area contributed by atoms with Gasteiger partial charge in [-0.25, -0.2) is 4.98 Å². The molecule has 0 aliphatic carbocycles. The molecule has 0 bridgehead atoms. The number of benzene rings is 1. The van der Waals surface area contributed by atoms with Crippen LogP contribution in [0.3, 0.4) is 0 Å². The zero-order valence-electron chi connectivity index (χ0n) is 16.9. The largest absolute Gasteiger partial charge is 0.474 e. The normalized spacial score (nSPS) is 16.4. The lowest BCUT2D eigenvalue weighted by Gasteiger charge is -2.23. The van der Waals surface area contributed by atoms with E-state index in [0.717, 1.165) is 35.2 Å². The van der Waals surface area contributed by atoms with E-state index in [9.17, 15) is 0 Å². The standard InChI is InChI=1S/C21H26N6O3/c1-14-21(30-13-16-10-22-6-8-29-16)27-20(12-24-14)26-19-9-15-3-2-4-18(23-5-7-28)17(15)11-25-19/h2-4,9,11-12,16,22-23,28H,5-8,10,13H2,1H3,(H,25,26,27)/t16-/m1/s1. The molecule has 0 radical (unpaired) electrons. The van der Waals surface area contributed by atoms with Crippen LogP contribution in [0.25, 0.3) is 10.8 Å². The van der Waals surface area contributed by atoms with Gasteiger partial charge in [0.05, 0.1) is 25.1 Å². The van der Waals surface area contributed by atoms with Gasteiger partial charge in [0.15, 0.2) is 5.82 Å². The third-order valence-electron chi connectivity index (χ3n) is 4.77. The number of aryl methyl sites for hydroxylation is 1. The summed E-state index contributed by atoms with van der Waals surface area (Å²) in [6.07, 6.45) is 3.46. The number of hydrogen-bond acceptors (Lipinski definition) is 9. The number of rotatable bonds is 8. The van der Waals surface area contributed by atoms with Gasteiger partial charge < -0.3 is 30.5 Å². The van der Waals surface area contributed by atoms with Gasteiger partial charge in [-0.2, -0.15) is 4.98 Å². The second kappa shape index (κ2) is 9.66. The fourth-order valence-electron chi connectivity index (χ4n) is 3.24. The molecule has 1 saturated heterocycles. The molecule has 4 rings (SSSR count). The average Bonchev–Trinajstić information content (AvgIpc) is 2.78. The Balaban J connectivity index is 1.47. The molecular weight excluding hydrogens is 384 g/mol. The molecule has 0 amide bonds. The first-order valence-electron chi connectivity index (χ1n) is 10.0. The SMILES string of the molecule is Cc1ncc(Nc2cc3cccc(NCCO)c3cn2)nc1OC[C@H]1CNCCO1. The first-order chi connectivity index (χ1) is 14.7. The van der Waals surface area contributed by atoms with E-state index in [-0.39, 0.29) is 12.7 Å². The van der Waals surface area contributed by atoms with Crippen molar-refractivity contribution in [3.8, 4) is 5.88 Å². The maximum Gasteiger partial charge on any atom is 0.237 e. The number of nitrogens with one attached hydrogen (secondary N) is 3. The quantitative estimate of drug-likeness (QED) is 0.442. The lowest BCUT2D eigenvalue weighted by atomic mass is 10.1. The van der Waals surface area contributed by atoms with Crippen LogP contribution in [0.2, 0.25) is 0 Å². The Bertz CT molecular complexity index is 994. The molecule has 4 N–H and O–H groups in total. The predicted molar refractivity (Wildman–Crippen MR) is 115 cm³/mol. The highest BCUT2D eigenvalue weighted by Gasteiger charge is 2.15. The van der Waals surface area contributed by atoms with Crippen molar-refractivity contribution < 1.29 is 14.6 Å². The first-order valence-corrected chi connectivity index (χ1v) is 10.0. The van der Waals surface area contributed by atoms with Crippen molar-refractivity contribution in [2.24, 2.45) is 0 Å². The summed E-state index contributed by atoms with van der Waals surface area (Å²) in [7, 11) is 0. The Morgan fingerprint density at radius 2 is 2.20 bits per heavy atom. The van der Waals surface area contributed by atoms with E-state index in [1.54, 1.807) is 12.4 Å². The summed E-state index contributed by atoms with van der Waals surface area (Å²) in [6.45, 7) is 5.16. The third-order valence-corrected chi connectivity index (χ3v) is 4.77. The number of hydrogen-bond donors (Lipinski definition) is 4. The summed E-state index contributed by atoms with van der Waals surface area (Å²) >= 11 is 0. The fraction of sp³-hybridized carbons (Fsp3) is 0.381. The lowest BCUT2D eigenvalue weighted by molar-refractivity contribution is -0.000949. The topological polar surface area (TPSA) is 113 Å². The minimum Gasteiger partial charge on any atom is -0.474 e. The highest BCUT2D eigenvalue weighted by molar-refractivity contribution is 5.94. The Labute approximate surface area is 174 Å². The van der Waals surface area contributed by atoms with E-state index in [2.05, 4.69) is 30.9 Å². The van der Waals surface area contributed by atoms with Gasteiger partial charge in [0, 0.05) is 36.9 Å². The number of aromatic nitrogens is 3. The molecule has 1 aliphatic heterocycles. The van der Waals surface area contributed by atoms with Crippen molar-refractivity contribution in [3.63, 3.8) is 0 Å². The van der Waals surface area contributed by atoms with Crippen LogP contribution >= 0.6 is 0 Å². The highest BCUT2D eigenvalue weighted by atomic mass is 16.5. The van der Waals surface area contributed by atoms with Crippen molar-refractivity contribution in [1.82, 2.24) is 20.3 Å². The van der Waals surface area contributed by atoms with E-state index in [4.69, 9.17) is 14.6 Å². The highest BCUT2D eigenvalue weighted by Crippen LogP contribution is 2.26. The van der Waals surface area contributed by atoms with Crippen LogP contribution in [0, 0.1) is 6.92 Å². The number of morpholine rings is 1. The van der Waals surface area contributed by atoms with Crippen LogP contribution < -0.4 is 20.7 Å². The molecule has 3 aromatic rings.